The summed E-state index contributed by atoms with van der Waals surface area (Å²) in [6.07, 6.45) is 0. The van der Waals surface area contributed by atoms with Gasteiger partial charge in [0.2, 0.25) is 0 Å². The lowest BCUT2D eigenvalue weighted by atomic mass is 9.81. The largest absolute Gasteiger partial charge is 0.381 e. The molecule has 1 aliphatic heterocycles. The molecule has 0 spiro atoms. The molecule has 0 saturated heterocycles. The van der Waals surface area contributed by atoms with Crippen molar-refractivity contribution in [1.29, 1.82) is 0 Å². The van der Waals surface area contributed by atoms with Crippen LogP contribution in [0.5, 0.6) is 0 Å². The minimum atomic E-state index is 0. The summed E-state index contributed by atoms with van der Waals surface area (Å²) < 4.78 is 0. The molecule has 0 amide bonds. The average molecular weight is 289 g/mol. The molecule has 72 valence electrons. The Hall–Kier alpha value is -0.250. The molecule has 2 heteroatoms. The van der Waals surface area contributed by atoms with Crippen molar-refractivity contribution < 1.29 is 0 Å². The lowest BCUT2D eigenvalue weighted by Gasteiger charge is -2.23. The second kappa shape index (κ2) is 3.48. The molecular weight excluding hydrogens is 273 g/mol. The summed E-state index contributed by atoms with van der Waals surface area (Å²) in [5.74, 6) is 0. The number of fused-ring (bicyclic) bond motifs is 1. The van der Waals surface area contributed by atoms with Crippen molar-refractivity contribution >= 4 is 29.7 Å². The molecule has 0 fully saturated rings. The first-order valence-electron chi connectivity index (χ1n) is 4.48. The van der Waals surface area contributed by atoms with Crippen molar-refractivity contribution in [3.63, 3.8) is 0 Å². The van der Waals surface area contributed by atoms with Crippen molar-refractivity contribution in [2.45, 2.75) is 32.2 Å². The number of para-hydroxylation sites is 1. The summed E-state index contributed by atoms with van der Waals surface area (Å²) >= 11 is 0. The molecule has 0 aliphatic carbocycles. The minimum Gasteiger partial charge on any atom is -0.381 e. The predicted molar refractivity (Wildman–Crippen MR) is 68.0 cm³/mol. The van der Waals surface area contributed by atoms with E-state index in [-0.39, 0.29) is 29.4 Å². The molecule has 1 aliphatic rings. The smallest absolute Gasteiger partial charge is 0.0381 e. The minimum absolute atomic E-state index is 0. The first-order chi connectivity index (χ1) is 5.62. The molecular formula is C11H16IN. The van der Waals surface area contributed by atoms with Crippen LogP contribution in [0.4, 0.5) is 5.69 Å². The van der Waals surface area contributed by atoms with Crippen molar-refractivity contribution in [3.8, 4) is 0 Å². The normalized spacial score (nSPS) is 22.8. The molecule has 1 unspecified atom stereocenters. The van der Waals surface area contributed by atoms with E-state index in [2.05, 4.69) is 50.4 Å². The van der Waals surface area contributed by atoms with Gasteiger partial charge in [-0.05, 0) is 18.6 Å². The number of anilines is 1. The molecule has 1 N–H and O–H groups in total. The second-order valence-electron chi connectivity index (χ2n) is 4.13. The van der Waals surface area contributed by atoms with Gasteiger partial charge in [0.25, 0.3) is 0 Å². The third kappa shape index (κ3) is 1.56. The highest BCUT2D eigenvalue weighted by Gasteiger charge is 2.35. The maximum atomic E-state index is 3.49. The van der Waals surface area contributed by atoms with Crippen molar-refractivity contribution in [2.24, 2.45) is 0 Å². The molecule has 1 nitrogen and oxygen atoms in total. The SMILES string of the molecule is CC1Nc2ccccc2C1(C)C.I. The van der Waals surface area contributed by atoms with Gasteiger partial charge in [-0.2, -0.15) is 0 Å². The molecule has 13 heavy (non-hydrogen) atoms. The molecule has 1 heterocycles. The van der Waals surface area contributed by atoms with E-state index in [1.807, 2.05) is 0 Å². The Labute approximate surface area is 96.9 Å². The second-order valence-corrected chi connectivity index (χ2v) is 4.13. The zero-order valence-electron chi connectivity index (χ0n) is 8.29. The number of hydrogen-bond donors (Lipinski definition) is 1. The zero-order chi connectivity index (χ0) is 8.77. The summed E-state index contributed by atoms with van der Waals surface area (Å²) in [6, 6.07) is 9.10. The quantitative estimate of drug-likeness (QED) is 0.722. The standard InChI is InChI=1S/C11H15N.HI/c1-8-11(2,3)9-6-4-5-7-10(9)12-8;/h4-8,12H,1-3H3;1H. The number of benzene rings is 1. The summed E-state index contributed by atoms with van der Waals surface area (Å²) in [4.78, 5) is 0. The summed E-state index contributed by atoms with van der Waals surface area (Å²) in [5, 5.41) is 3.49. The Morgan fingerprint density at radius 2 is 1.85 bits per heavy atom. The van der Waals surface area contributed by atoms with Crippen molar-refractivity contribution in [2.75, 3.05) is 5.32 Å². The van der Waals surface area contributed by atoms with E-state index >= 15 is 0 Å². The lowest BCUT2D eigenvalue weighted by molar-refractivity contribution is 0.486. The summed E-state index contributed by atoms with van der Waals surface area (Å²) in [7, 11) is 0. The highest BCUT2D eigenvalue weighted by molar-refractivity contribution is 14.0. The molecule has 0 saturated carbocycles. The van der Waals surface area contributed by atoms with Gasteiger partial charge in [-0.15, -0.1) is 24.0 Å². The maximum absolute atomic E-state index is 3.49. The topological polar surface area (TPSA) is 12.0 Å². The lowest BCUT2D eigenvalue weighted by Crippen LogP contribution is -2.29. The highest BCUT2D eigenvalue weighted by Crippen LogP contribution is 2.39. The van der Waals surface area contributed by atoms with Crippen LogP contribution in [0.25, 0.3) is 0 Å². The Bertz CT molecular complexity index is 307. The molecule has 2 rings (SSSR count). The fraction of sp³-hybridized carbons (Fsp3) is 0.455. The molecule has 0 bridgehead atoms. The Morgan fingerprint density at radius 3 is 2.46 bits per heavy atom. The molecule has 0 radical (unpaired) electrons. The first-order valence-corrected chi connectivity index (χ1v) is 4.48. The van der Waals surface area contributed by atoms with Crippen LogP contribution < -0.4 is 5.32 Å². The monoisotopic (exact) mass is 289 g/mol. The van der Waals surface area contributed by atoms with E-state index in [4.69, 9.17) is 0 Å². The molecule has 1 aromatic carbocycles. The fourth-order valence-corrected chi connectivity index (χ4v) is 1.82. The number of halogens is 1. The van der Waals surface area contributed by atoms with Crippen LogP contribution in [0.1, 0.15) is 26.3 Å². The Kier molecular flexibility index (Phi) is 2.90. The van der Waals surface area contributed by atoms with Crippen LogP contribution in [0.3, 0.4) is 0 Å². The summed E-state index contributed by atoms with van der Waals surface area (Å²) in [6.45, 7) is 6.81. The fourth-order valence-electron chi connectivity index (χ4n) is 1.82. The maximum Gasteiger partial charge on any atom is 0.0381 e. The molecule has 0 aromatic heterocycles. The van der Waals surface area contributed by atoms with Gasteiger partial charge >= 0.3 is 0 Å². The first kappa shape index (κ1) is 10.8. The van der Waals surface area contributed by atoms with Crippen molar-refractivity contribution in [1.82, 2.24) is 0 Å². The van der Waals surface area contributed by atoms with Gasteiger partial charge in [0.1, 0.15) is 0 Å². The third-order valence-corrected chi connectivity index (χ3v) is 3.08. The van der Waals surface area contributed by atoms with Gasteiger partial charge in [-0.3, -0.25) is 0 Å². The van der Waals surface area contributed by atoms with Gasteiger partial charge in [-0.1, -0.05) is 32.0 Å². The van der Waals surface area contributed by atoms with E-state index in [1.54, 1.807) is 0 Å². The van der Waals surface area contributed by atoms with Gasteiger partial charge < -0.3 is 5.32 Å². The van der Waals surface area contributed by atoms with Crippen LogP contribution in [-0.4, -0.2) is 6.04 Å². The van der Waals surface area contributed by atoms with Crippen LogP contribution in [-0.2, 0) is 5.41 Å². The van der Waals surface area contributed by atoms with E-state index in [9.17, 15) is 0 Å². The van der Waals surface area contributed by atoms with Gasteiger partial charge in [-0.25, -0.2) is 0 Å². The number of nitrogens with one attached hydrogen (secondary N) is 1. The zero-order valence-corrected chi connectivity index (χ0v) is 10.6. The third-order valence-electron chi connectivity index (χ3n) is 3.08. The van der Waals surface area contributed by atoms with Gasteiger partial charge in [0, 0.05) is 17.1 Å². The summed E-state index contributed by atoms with van der Waals surface area (Å²) in [5.41, 5.74) is 3.02. The van der Waals surface area contributed by atoms with Crippen LogP contribution in [0.2, 0.25) is 0 Å². The highest BCUT2D eigenvalue weighted by atomic mass is 127. The number of hydrogen-bond acceptors (Lipinski definition) is 1. The van der Waals surface area contributed by atoms with Crippen LogP contribution >= 0.6 is 24.0 Å². The van der Waals surface area contributed by atoms with E-state index in [0.29, 0.717) is 6.04 Å². The van der Waals surface area contributed by atoms with Crippen LogP contribution in [0, 0.1) is 0 Å². The van der Waals surface area contributed by atoms with E-state index in [1.165, 1.54) is 11.3 Å². The average Bonchev–Trinajstić information content (AvgIpc) is 2.25. The van der Waals surface area contributed by atoms with Gasteiger partial charge in [0.15, 0.2) is 0 Å². The predicted octanol–water partition coefficient (Wildman–Crippen LogP) is 3.40. The van der Waals surface area contributed by atoms with Gasteiger partial charge in [0.05, 0.1) is 0 Å². The van der Waals surface area contributed by atoms with Crippen molar-refractivity contribution in [3.05, 3.63) is 29.8 Å². The number of rotatable bonds is 0. The molecule has 1 atom stereocenters. The van der Waals surface area contributed by atoms with E-state index in [0.717, 1.165) is 0 Å². The van der Waals surface area contributed by atoms with E-state index < -0.39 is 0 Å². The Morgan fingerprint density at radius 1 is 1.23 bits per heavy atom. The molecule has 1 aromatic rings. The van der Waals surface area contributed by atoms with Crippen LogP contribution in [0.15, 0.2) is 24.3 Å². The Balaban J connectivity index is 0.000000845.